The van der Waals surface area contributed by atoms with E-state index in [-0.39, 0.29) is 17.3 Å². The van der Waals surface area contributed by atoms with E-state index in [1.807, 2.05) is 36.4 Å². The van der Waals surface area contributed by atoms with E-state index in [0.717, 1.165) is 9.75 Å². The van der Waals surface area contributed by atoms with Crippen LogP contribution in [-0.4, -0.2) is 5.78 Å². The molecule has 0 aliphatic carbocycles. The number of carbonyl (C=O) groups is 1. The largest absolute Gasteiger partial charge is 0.453 e. The molecule has 0 amide bonds. The molecule has 0 saturated carbocycles. The number of rotatable bonds is 0. The van der Waals surface area contributed by atoms with Gasteiger partial charge in [0.15, 0.2) is 11.5 Å². The average Bonchev–Trinajstić information content (AvgIpc) is 3.21. The number of hydrogen-bond acceptors (Lipinski definition) is 4. The molecule has 0 saturated heterocycles. The third kappa shape index (κ3) is 2.30. The van der Waals surface area contributed by atoms with Gasteiger partial charge in [-0.05, 0) is 60.7 Å². The van der Waals surface area contributed by atoms with Crippen LogP contribution >= 0.6 is 11.3 Å². The van der Waals surface area contributed by atoms with Crippen molar-refractivity contribution in [2.24, 2.45) is 0 Å². The smallest absolute Gasteiger partial charge is 0.263 e. The van der Waals surface area contributed by atoms with E-state index >= 15 is 0 Å². The van der Waals surface area contributed by atoms with Crippen LogP contribution in [0.1, 0.15) is 37.6 Å². The Morgan fingerprint density at radius 3 is 1.71 bits per heavy atom. The molecule has 3 nitrogen and oxygen atoms in total. The van der Waals surface area contributed by atoms with E-state index in [9.17, 15) is 4.79 Å². The molecule has 0 radical (unpaired) electrons. The first-order valence-electron chi connectivity index (χ1n) is 6.48. The molecule has 0 unspecified atom stereocenters. The highest BCUT2D eigenvalue weighted by atomic mass is 32.1. The van der Waals surface area contributed by atoms with Crippen molar-refractivity contribution in [2.45, 2.75) is 0 Å². The van der Waals surface area contributed by atoms with Crippen LogP contribution in [0.2, 0.25) is 0 Å². The Labute approximate surface area is 124 Å². The molecule has 0 N–H and O–H groups in total. The first kappa shape index (κ1) is 12.2. The van der Waals surface area contributed by atoms with Gasteiger partial charge in [0.25, 0.3) is 5.78 Å². The van der Waals surface area contributed by atoms with Gasteiger partial charge in [-0.3, -0.25) is 4.79 Å². The molecule has 3 aromatic heterocycles. The van der Waals surface area contributed by atoms with Crippen LogP contribution < -0.4 is 0 Å². The van der Waals surface area contributed by atoms with Crippen molar-refractivity contribution in [2.75, 3.05) is 0 Å². The van der Waals surface area contributed by atoms with E-state index in [0.29, 0.717) is 11.5 Å². The minimum Gasteiger partial charge on any atom is -0.453 e. The molecule has 4 rings (SSSR count). The quantitative estimate of drug-likeness (QED) is 0.467. The van der Waals surface area contributed by atoms with E-state index < -0.39 is 0 Å². The van der Waals surface area contributed by atoms with Gasteiger partial charge in [0, 0.05) is 9.75 Å². The summed E-state index contributed by atoms with van der Waals surface area (Å²) in [5, 5.41) is 0. The topological polar surface area (TPSA) is 43.4 Å². The second-order valence-electron chi connectivity index (χ2n) is 4.64. The lowest BCUT2D eigenvalue weighted by Crippen LogP contribution is -1.96. The van der Waals surface area contributed by atoms with Crippen molar-refractivity contribution in [1.29, 1.82) is 0 Å². The zero-order valence-corrected chi connectivity index (χ0v) is 11.7. The van der Waals surface area contributed by atoms with E-state index in [1.165, 1.54) is 0 Å². The highest BCUT2D eigenvalue weighted by molar-refractivity contribution is 7.13. The number of fused-ring (bicyclic) bond motifs is 6. The lowest BCUT2D eigenvalue weighted by Gasteiger charge is -1.93. The number of carbonyl (C=O) groups excluding carboxylic acids is 1. The van der Waals surface area contributed by atoms with Crippen molar-refractivity contribution >= 4 is 41.4 Å². The molecule has 1 aliphatic heterocycles. The van der Waals surface area contributed by atoms with Gasteiger partial charge in [-0.2, -0.15) is 0 Å². The number of ketones is 1. The maximum absolute atomic E-state index is 12.2. The minimum atomic E-state index is -0.248. The summed E-state index contributed by atoms with van der Waals surface area (Å²) in [5.41, 5.74) is 0. The zero-order valence-electron chi connectivity index (χ0n) is 10.9. The Balaban J connectivity index is 1.87. The lowest BCUT2D eigenvalue weighted by atomic mass is 10.2. The van der Waals surface area contributed by atoms with Gasteiger partial charge in [-0.15, -0.1) is 11.3 Å². The standard InChI is InChI=1S/C17H10O3S/c18-17-15-9-3-11(19-15)1-5-13-7-8-14(21-13)6-2-12-4-10-16(17)20-12/h1-10H/b5-1-,6-2-. The summed E-state index contributed by atoms with van der Waals surface area (Å²) in [6.07, 6.45) is 7.67. The fourth-order valence-electron chi connectivity index (χ4n) is 2.13. The maximum atomic E-state index is 12.2. The molecular weight excluding hydrogens is 284 g/mol. The lowest BCUT2D eigenvalue weighted by molar-refractivity contribution is 0.0982. The van der Waals surface area contributed by atoms with Crippen molar-refractivity contribution < 1.29 is 13.6 Å². The molecule has 0 aromatic carbocycles. The summed E-state index contributed by atoms with van der Waals surface area (Å²) < 4.78 is 11.1. The van der Waals surface area contributed by atoms with Gasteiger partial charge in [0.2, 0.25) is 0 Å². The van der Waals surface area contributed by atoms with Crippen LogP contribution in [0.15, 0.2) is 45.2 Å². The van der Waals surface area contributed by atoms with Crippen molar-refractivity contribution in [3.63, 3.8) is 0 Å². The normalized spacial score (nSPS) is 16.5. The van der Waals surface area contributed by atoms with Crippen LogP contribution in [0.3, 0.4) is 0 Å². The summed E-state index contributed by atoms with van der Waals surface area (Å²) in [4.78, 5) is 14.5. The fraction of sp³-hybridized carbons (Fsp3) is 0. The Bertz CT molecular complexity index is 805. The van der Waals surface area contributed by atoms with Crippen LogP contribution in [-0.2, 0) is 0 Å². The van der Waals surface area contributed by atoms with E-state index in [2.05, 4.69) is 0 Å². The summed E-state index contributed by atoms with van der Waals surface area (Å²) in [5.74, 6) is 1.61. The second kappa shape index (κ2) is 4.75. The van der Waals surface area contributed by atoms with Gasteiger partial charge in [0.05, 0.1) is 0 Å². The van der Waals surface area contributed by atoms with Crippen LogP contribution in [0.25, 0.3) is 24.3 Å². The third-order valence-corrected chi connectivity index (χ3v) is 4.19. The number of thiophene rings is 1. The summed E-state index contributed by atoms with van der Waals surface area (Å²) >= 11 is 1.67. The molecule has 4 heteroatoms. The number of furan rings is 2. The molecule has 102 valence electrons. The van der Waals surface area contributed by atoms with Gasteiger partial charge in [0.1, 0.15) is 11.5 Å². The Morgan fingerprint density at radius 1 is 0.667 bits per heavy atom. The first-order chi connectivity index (χ1) is 10.3. The summed E-state index contributed by atoms with van der Waals surface area (Å²) in [6, 6.07) is 11.0. The number of hydrogen-bond donors (Lipinski definition) is 0. The molecule has 3 aromatic rings. The van der Waals surface area contributed by atoms with Gasteiger partial charge < -0.3 is 8.83 Å². The Hall–Kier alpha value is -2.59. The highest BCUT2D eigenvalue weighted by Crippen LogP contribution is 2.24. The third-order valence-electron chi connectivity index (χ3n) is 3.17. The average molecular weight is 294 g/mol. The molecule has 0 spiro atoms. The maximum Gasteiger partial charge on any atom is 0.263 e. The van der Waals surface area contributed by atoms with Gasteiger partial charge in [-0.1, -0.05) is 0 Å². The van der Waals surface area contributed by atoms with Crippen molar-refractivity contribution in [3.05, 3.63) is 69.2 Å². The Morgan fingerprint density at radius 2 is 1.19 bits per heavy atom. The zero-order chi connectivity index (χ0) is 14.2. The predicted octanol–water partition coefficient (Wildman–Crippen LogP) is 4.82. The monoisotopic (exact) mass is 294 g/mol. The summed E-state index contributed by atoms with van der Waals surface area (Å²) in [6.45, 7) is 0. The molecule has 21 heavy (non-hydrogen) atoms. The van der Waals surface area contributed by atoms with E-state index in [4.69, 9.17) is 8.83 Å². The van der Waals surface area contributed by atoms with Crippen molar-refractivity contribution in [1.82, 2.24) is 0 Å². The SMILES string of the molecule is O=C1c2ccc(o2)/C=C\c2ccc(s2)/C=C\c2ccc1o2. The Kier molecular flexibility index (Phi) is 2.75. The first-order valence-corrected chi connectivity index (χ1v) is 7.30. The molecule has 1 aliphatic rings. The molecule has 0 fully saturated rings. The van der Waals surface area contributed by atoms with Gasteiger partial charge >= 0.3 is 0 Å². The van der Waals surface area contributed by atoms with Crippen molar-refractivity contribution in [3.8, 4) is 0 Å². The highest BCUT2D eigenvalue weighted by Gasteiger charge is 2.17. The van der Waals surface area contributed by atoms with Crippen LogP contribution in [0.5, 0.6) is 0 Å². The molecule has 0 atom stereocenters. The molecule has 6 bridgehead atoms. The summed E-state index contributed by atoms with van der Waals surface area (Å²) in [7, 11) is 0. The van der Waals surface area contributed by atoms with Gasteiger partial charge in [-0.25, -0.2) is 0 Å². The molecular formula is C17H10O3S. The van der Waals surface area contributed by atoms with Crippen LogP contribution in [0, 0.1) is 0 Å². The van der Waals surface area contributed by atoms with E-state index in [1.54, 1.807) is 35.6 Å². The second-order valence-corrected chi connectivity index (χ2v) is 5.79. The minimum absolute atomic E-state index is 0.248. The molecule has 4 heterocycles. The fourth-order valence-corrected chi connectivity index (χ4v) is 2.94. The predicted molar refractivity (Wildman–Crippen MR) is 83.0 cm³/mol. The van der Waals surface area contributed by atoms with Crippen LogP contribution in [0.4, 0.5) is 0 Å².